The number of H-pyrrole nitrogens is 2. The summed E-state index contributed by atoms with van der Waals surface area (Å²) < 4.78 is 22.9. The molecule has 3 aromatic rings. The number of phenols is 1. The summed E-state index contributed by atoms with van der Waals surface area (Å²) in [4.78, 5) is 26.3. The third-order valence-corrected chi connectivity index (χ3v) is 4.17. The molecule has 0 fully saturated rings. The lowest BCUT2D eigenvalue weighted by Crippen LogP contribution is -2.13. The highest BCUT2D eigenvalue weighted by Gasteiger charge is 2.19. The number of nitrogen functional groups attached to an aromatic ring is 1. The number of hydrogen-bond donors (Lipinski definition) is 4. The Morgan fingerprint density at radius 1 is 1.25 bits per heavy atom. The van der Waals surface area contributed by atoms with Crippen molar-refractivity contribution in [3.05, 3.63) is 39.3 Å². The number of benzene rings is 1. The molecule has 0 bridgehead atoms. The molecule has 0 amide bonds. The molecule has 0 aliphatic heterocycles. The highest BCUT2D eigenvalue weighted by Crippen LogP contribution is 2.33. The van der Waals surface area contributed by atoms with Crippen LogP contribution < -0.4 is 11.3 Å². The van der Waals surface area contributed by atoms with Crippen molar-refractivity contribution in [2.24, 2.45) is 0 Å². The number of fused-ring (bicyclic) bond motifs is 1. The van der Waals surface area contributed by atoms with Gasteiger partial charge in [0.15, 0.2) is 4.64 Å². The van der Waals surface area contributed by atoms with Gasteiger partial charge in [-0.15, -0.1) is 0 Å². The van der Waals surface area contributed by atoms with Crippen LogP contribution in [0.15, 0.2) is 29.1 Å². The van der Waals surface area contributed by atoms with E-state index in [0.717, 1.165) is 4.68 Å². The summed E-state index contributed by atoms with van der Waals surface area (Å²) in [5.41, 5.74) is 5.84. The second kappa shape index (κ2) is 5.42. The van der Waals surface area contributed by atoms with E-state index in [1.807, 2.05) is 0 Å². The molecule has 0 atom stereocenters. The highest BCUT2D eigenvalue weighted by atomic mass is 32.2. The van der Waals surface area contributed by atoms with E-state index >= 15 is 0 Å². The molecule has 10 heteroatoms. The van der Waals surface area contributed by atoms with E-state index in [9.17, 15) is 23.1 Å². The van der Waals surface area contributed by atoms with Gasteiger partial charge in [-0.1, -0.05) is 0 Å². The number of nitrogens with two attached hydrogens (primary N) is 1. The lowest BCUT2D eigenvalue weighted by atomic mass is 10.0. The summed E-state index contributed by atoms with van der Waals surface area (Å²) >= 11 is 0. The first kappa shape index (κ1) is 15.6. The quantitative estimate of drug-likeness (QED) is 0.475. The van der Waals surface area contributed by atoms with E-state index in [4.69, 9.17) is 5.73 Å². The van der Waals surface area contributed by atoms with Crippen LogP contribution in [0.2, 0.25) is 0 Å². The molecule has 0 aliphatic rings. The minimum atomic E-state index is -2.51. The van der Waals surface area contributed by atoms with Crippen LogP contribution in [0.5, 0.6) is 5.75 Å². The maximum atomic E-state index is 12.2. The fourth-order valence-corrected chi connectivity index (χ4v) is 2.87. The molecule has 124 valence electrons. The van der Waals surface area contributed by atoms with Crippen molar-refractivity contribution >= 4 is 32.9 Å². The monoisotopic (exact) mass is 348 g/mol. The summed E-state index contributed by atoms with van der Waals surface area (Å²) in [6.45, 7) is 1.24. The van der Waals surface area contributed by atoms with Gasteiger partial charge in [0.25, 0.3) is 5.56 Å². The molecule has 3 rings (SSSR count). The smallest absolute Gasteiger partial charge is 0.274 e. The molecule has 2 aromatic heterocycles. The van der Waals surface area contributed by atoms with Gasteiger partial charge in [-0.05, 0) is 24.3 Å². The maximum absolute atomic E-state index is 12.2. The van der Waals surface area contributed by atoms with E-state index in [0.29, 0.717) is 10.9 Å². The minimum Gasteiger partial charge on any atom is -0.506 e. The van der Waals surface area contributed by atoms with Gasteiger partial charge in [0.1, 0.15) is 11.6 Å². The molecule has 5 N–H and O–H groups in total. The van der Waals surface area contributed by atoms with Gasteiger partial charge < -0.3 is 15.8 Å². The van der Waals surface area contributed by atoms with Gasteiger partial charge in [-0.25, -0.2) is 4.68 Å². The minimum absolute atomic E-state index is 0.0552. The summed E-state index contributed by atoms with van der Waals surface area (Å²) in [6.07, 6.45) is 0. The number of carbonyl (C=O) groups is 1. The predicted molar refractivity (Wildman–Crippen MR) is 86.9 cm³/mol. The van der Waals surface area contributed by atoms with Crippen molar-refractivity contribution in [2.45, 2.75) is 6.92 Å². The molecule has 0 aliphatic carbocycles. The van der Waals surface area contributed by atoms with Gasteiger partial charge in [0, 0.05) is 17.9 Å². The number of nitrogens with one attached hydrogen (secondary N) is 2. The molecule has 24 heavy (non-hydrogen) atoms. The Bertz CT molecular complexity index is 1220. The van der Waals surface area contributed by atoms with E-state index < -0.39 is 21.8 Å². The first-order chi connectivity index (χ1) is 11.3. The number of aromatic hydroxyl groups is 1. The van der Waals surface area contributed by atoms with Gasteiger partial charge in [0.2, 0.25) is 16.2 Å². The van der Waals surface area contributed by atoms with Crippen LogP contribution >= 0.6 is 0 Å². The molecule has 9 nitrogen and oxygen atoms in total. The fourth-order valence-electron chi connectivity index (χ4n) is 2.51. The van der Waals surface area contributed by atoms with Crippen LogP contribution in [0.4, 0.5) is 5.82 Å². The normalized spacial score (nSPS) is 10.9. The second-order valence-electron chi connectivity index (χ2n) is 5.03. The van der Waals surface area contributed by atoms with Gasteiger partial charge in [0.05, 0.1) is 11.1 Å². The number of rotatable bonds is 1. The summed E-state index contributed by atoms with van der Waals surface area (Å²) in [5.74, 6) is -0.729. The Morgan fingerprint density at radius 3 is 2.54 bits per heavy atom. The number of nitrogens with zero attached hydrogens (tertiary/aromatic N) is 1. The molecule has 0 spiro atoms. The summed E-state index contributed by atoms with van der Waals surface area (Å²) in [7, 11) is -2.51. The first-order valence-corrected chi connectivity index (χ1v) is 7.78. The van der Waals surface area contributed by atoms with E-state index in [1.165, 1.54) is 31.2 Å². The topological polar surface area (TPSA) is 151 Å². The average molecular weight is 348 g/mol. The Balaban J connectivity index is 2.46. The van der Waals surface area contributed by atoms with Crippen molar-refractivity contribution in [3.8, 4) is 16.9 Å². The van der Waals surface area contributed by atoms with Crippen LogP contribution in [-0.4, -0.2) is 34.2 Å². The number of aromatic amines is 2. The Kier molecular flexibility index (Phi) is 3.53. The largest absolute Gasteiger partial charge is 0.506 e. The molecule has 1 aromatic carbocycles. The second-order valence-corrected chi connectivity index (χ2v) is 5.94. The van der Waals surface area contributed by atoms with Crippen LogP contribution in [0, 0.1) is 4.64 Å². The first-order valence-electron chi connectivity index (χ1n) is 6.70. The summed E-state index contributed by atoms with van der Waals surface area (Å²) in [6, 6.07) is 5.50. The van der Waals surface area contributed by atoms with Gasteiger partial charge in [-0.2, -0.15) is 8.42 Å². The van der Waals surface area contributed by atoms with E-state index in [-0.39, 0.29) is 27.3 Å². The zero-order valence-corrected chi connectivity index (χ0v) is 13.1. The zero-order chi connectivity index (χ0) is 17.6. The molecular weight excluding hydrogens is 336 g/mol. The third-order valence-electron chi connectivity index (χ3n) is 3.57. The van der Waals surface area contributed by atoms with Crippen LogP contribution in [0.1, 0.15) is 11.7 Å². The Labute approximate surface area is 135 Å². The van der Waals surface area contributed by atoms with Crippen molar-refractivity contribution in [1.82, 2.24) is 14.8 Å². The molecule has 2 heterocycles. The lowest BCUT2D eigenvalue weighted by Gasteiger charge is -2.07. The SMILES string of the molecule is CC(=O)n1[nH]c(=O)c(-c2ccc(O)c3[nH]c(=S(=O)=O)ccc23)c1N. The highest BCUT2D eigenvalue weighted by molar-refractivity contribution is 7.63. The molecule has 0 unspecified atom stereocenters. The molecule has 0 radical (unpaired) electrons. The van der Waals surface area contributed by atoms with Crippen molar-refractivity contribution < 1.29 is 18.3 Å². The number of hydrogen-bond acceptors (Lipinski definition) is 6. The van der Waals surface area contributed by atoms with Gasteiger partial charge in [-0.3, -0.25) is 14.7 Å². The average Bonchev–Trinajstić information content (AvgIpc) is 2.83. The maximum Gasteiger partial charge on any atom is 0.274 e. The van der Waals surface area contributed by atoms with Gasteiger partial charge >= 0.3 is 0 Å². The predicted octanol–water partition coefficient (Wildman–Crippen LogP) is 0.684. The fraction of sp³-hybridized carbons (Fsp3) is 0.0714. The van der Waals surface area contributed by atoms with Crippen molar-refractivity contribution in [1.29, 1.82) is 0 Å². The van der Waals surface area contributed by atoms with E-state index in [2.05, 4.69) is 10.1 Å². The number of pyridine rings is 1. The molecular formula is C14H12N4O5S. The van der Waals surface area contributed by atoms with Crippen molar-refractivity contribution in [3.63, 3.8) is 0 Å². The number of aromatic nitrogens is 3. The number of phenolic OH excluding ortho intramolecular Hbond substituents is 1. The molecule has 0 saturated heterocycles. The Morgan fingerprint density at radius 2 is 1.96 bits per heavy atom. The van der Waals surface area contributed by atoms with Crippen molar-refractivity contribution in [2.75, 3.05) is 5.73 Å². The molecule has 0 saturated carbocycles. The Hall–Kier alpha value is -3.27. The third kappa shape index (κ3) is 2.29. The zero-order valence-electron chi connectivity index (χ0n) is 12.3. The van der Waals surface area contributed by atoms with Crippen LogP contribution in [0.25, 0.3) is 22.0 Å². The number of anilines is 1. The standard InChI is InChI=1S/C14H12N4O5S/c1-6(19)18-13(15)11(14(21)17-18)7-2-4-9(20)12-8(7)3-5-10(16-12)24(22)23/h2-5,16,20H,15H2,1H3,(H,17,21). The van der Waals surface area contributed by atoms with Crippen LogP contribution in [0.3, 0.4) is 0 Å². The number of carbonyl (C=O) groups excluding carboxylic acids is 1. The summed E-state index contributed by atoms with van der Waals surface area (Å²) in [5, 5.41) is 12.7. The van der Waals surface area contributed by atoms with Crippen LogP contribution in [-0.2, 0) is 10.3 Å². The van der Waals surface area contributed by atoms with E-state index in [1.54, 1.807) is 0 Å². The lowest BCUT2D eigenvalue weighted by molar-refractivity contribution is 0.0923.